The minimum atomic E-state index is 0.345. The van der Waals surface area contributed by atoms with Crippen LogP contribution in [0.4, 0.5) is 5.82 Å². The van der Waals surface area contributed by atoms with Gasteiger partial charge >= 0.3 is 0 Å². The second kappa shape index (κ2) is 10.8. The molecule has 0 aliphatic carbocycles. The summed E-state index contributed by atoms with van der Waals surface area (Å²) in [6, 6.07) is 0. The molecule has 0 aliphatic rings. The maximum absolute atomic E-state index is 6.59. The van der Waals surface area contributed by atoms with Crippen molar-refractivity contribution in [2.45, 2.75) is 34.2 Å². The quantitative estimate of drug-likeness (QED) is 0.618. The van der Waals surface area contributed by atoms with Gasteiger partial charge in [0.2, 0.25) is 0 Å². The summed E-state index contributed by atoms with van der Waals surface area (Å²) in [4.78, 5) is 6.47. The fourth-order valence-electron chi connectivity index (χ4n) is 0.560. The molecule has 0 aliphatic heterocycles. The average molecular weight is 185 g/mol. The zero-order chi connectivity index (χ0) is 10.7. The molecule has 76 valence electrons. The number of hydrogen-bond donors (Lipinski definition) is 3. The first-order valence-electron chi connectivity index (χ1n) is 4.48. The van der Waals surface area contributed by atoms with Gasteiger partial charge in [-0.3, -0.25) is 0 Å². The zero-order valence-corrected chi connectivity index (χ0v) is 8.76. The number of nitrogens with zero attached hydrogens (tertiary/aromatic N) is 2. The van der Waals surface area contributed by atoms with Crippen molar-refractivity contribution in [2.75, 3.05) is 0 Å². The van der Waals surface area contributed by atoms with E-state index in [0.717, 1.165) is 0 Å². The number of nitrogens with one attached hydrogen (secondary N) is 2. The van der Waals surface area contributed by atoms with Crippen LogP contribution in [0.5, 0.6) is 0 Å². The third kappa shape index (κ3) is 5.08. The van der Waals surface area contributed by atoms with Gasteiger partial charge in [-0.2, -0.15) is 0 Å². The summed E-state index contributed by atoms with van der Waals surface area (Å²) in [7, 11) is 0. The van der Waals surface area contributed by atoms with Crippen LogP contribution in [0.2, 0.25) is 0 Å². The largest absolute Gasteiger partial charge is 0.345 e. The molecule has 1 aromatic heterocycles. The molecular weight excluding hydrogens is 166 g/mol. The molecule has 13 heavy (non-hydrogen) atoms. The first-order valence-corrected chi connectivity index (χ1v) is 4.48. The van der Waals surface area contributed by atoms with E-state index in [9.17, 15) is 0 Å². The van der Waals surface area contributed by atoms with Crippen molar-refractivity contribution in [1.29, 1.82) is 5.53 Å². The summed E-state index contributed by atoms with van der Waals surface area (Å²) in [6.07, 6.45) is 1.47. The molecule has 1 rings (SSSR count). The smallest absolute Gasteiger partial charge is 0.195 e. The van der Waals surface area contributed by atoms with Crippen molar-refractivity contribution in [3.05, 3.63) is 12.0 Å². The van der Waals surface area contributed by atoms with Gasteiger partial charge in [0.05, 0.1) is 12.0 Å². The molecule has 0 saturated carbocycles. The predicted octanol–water partition coefficient (Wildman–Crippen LogP) is 2.58. The standard InChI is InChI=1S/C4H7N5.2C2H6/c5-1-3-4(9-6)8-2-7-3;2*1-2/h2,6H,1,5H2,(H,7,8);2*1-2H3. The Hall–Kier alpha value is -1.23. The lowest BCUT2D eigenvalue weighted by molar-refractivity contribution is 0.990. The van der Waals surface area contributed by atoms with Crippen molar-refractivity contribution in [3.63, 3.8) is 0 Å². The molecule has 0 amide bonds. The SMILES string of the molecule is CC.CC.N=Nc1nc[nH]c1CN. The second-order valence-corrected chi connectivity index (χ2v) is 1.52. The monoisotopic (exact) mass is 185 g/mol. The highest BCUT2D eigenvalue weighted by Crippen LogP contribution is 2.10. The molecule has 0 saturated heterocycles. The van der Waals surface area contributed by atoms with Gasteiger partial charge < -0.3 is 10.7 Å². The van der Waals surface area contributed by atoms with Gasteiger partial charge in [-0.25, -0.2) is 10.5 Å². The lowest BCUT2D eigenvalue weighted by Gasteiger charge is -1.86. The molecule has 0 unspecified atom stereocenters. The molecule has 0 fully saturated rings. The Bertz CT molecular complexity index is 206. The van der Waals surface area contributed by atoms with Crippen LogP contribution >= 0.6 is 0 Å². The van der Waals surface area contributed by atoms with Crippen molar-refractivity contribution in [2.24, 2.45) is 10.8 Å². The van der Waals surface area contributed by atoms with Crippen LogP contribution in [0.25, 0.3) is 0 Å². The van der Waals surface area contributed by atoms with E-state index in [2.05, 4.69) is 15.1 Å². The first kappa shape index (κ1) is 14.3. The van der Waals surface area contributed by atoms with Crippen molar-refractivity contribution >= 4 is 5.82 Å². The lowest BCUT2D eigenvalue weighted by atomic mass is 10.4. The average Bonchev–Trinajstić information content (AvgIpc) is 2.70. The van der Waals surface area contributed by atoms with E-state index in [1.807, 2.05) is 27.7 Å². The maximum atomic E-state index is 6.59. The molecule has 0 atom stereocenters. The summed E-state index contributed by atoms with van der Waals surface area (Å²) in [5.41, 5.74) is 12.5. The first-order chi connectivity index (χ1) is 6.38. The van der Waals surface area contributed by atoms with Gasteiger partial charge in [0, 0.05) is 6.54 Å². The Morgan fingerprint density at radius 3 is 2.31 bits per heavy atom. The molecule has 0 spiro atoms. The van der Waals surface area contributed by atoms with E-state index >= 15 is 0 Å². The molecular formula is C8H19N5. The van der Waals surface area contributed by atoms with Crippen LogP contribution in [0.1, 0.15) is 33.4 Å². The number of nitrogens with two attached hydrogens (primary N) is 1. The Morgan fingerprint density at radius 2 is 2.00 bits per heavy atom. The van der Waals surface area contributed by atoms with Crippen LogP contribution in [0.3, 0.4) is 0 Å². The van der Waals surface area contributed by atoms with E-state index in [4.69, 9.17) is 11.3 Å². The third-order valence-corrected chi connectivity index (χ3v) is 1.01. The summed E-state index contributed by atoms with van der Waals surface area (Å²) in [6.45, 7) is 8.34. The number of imidazole rings is 1. The normalized spacial score (nSPS) is 7.46. The highest BCUT2D eigenvalue weighted by atomic mass is 15.1. The fraction of sp³-hybridized carbons (Fsp3) is 0.625. The van der Waals surface area contributed by atoms with Crippen LogP contribution in [-0.4, -0.2) is 9.97 Å². The van der Waals surface area contributed by atoms with E-state index < -0.39 is 0 Å². The predicted molar refractivity (Wildman–Crippen MR) is 54.0 cm³/mol. The molecule has 5 nitrogen and oxygen atoms in total. The molecule has 4 N–H and O–H groups in total. The summed E-state index contributed by atoms with van der Waals surface area (Å²) in [5, 5.41) is 3.13. The van der Waals surface area contributed by atoms with Gasteiger partial charge in [0.1, 0.15) is 0 Å². The molecule has 0 aromatic carbocycles. The van der Waals surface area contributed by atoms with Crippen molar-refractivity contribution in [1.82, 2.24) is 9.97 Å². The molecule has 1 heterocycles. The van der Waals surface area contributed by atoms with Gasteiger partial charge in [0.25, 0.3) is 0 Å². The lowest BCUT2D eigenvalue weighted by Crippen LogP contribution is -1.95. The minimum Gasteiger partial charge on any atom is -0.345 e. The molecule has 0 bridgehead atoms. The van der Waals surface area contributed by atoms with E-state index in [1.165, 1.54) is 6.33 Å². The maximum Gasteiger partial charge on any atom is 0.195 e. The van der Waals surface area contributed by atoms with Crippen LogP contribution < -0.4 is 5.73 Å². The minimum absolute atomic E-state index is 0.345. The Morgan fingerprint density at radius 1 is 1.46 bits per heavy atom. The summed E-state index contributed by atoms with van der Waals surface area (Å²) < 4.78 is 0. The fourth-order valence-corrected chi connectivity index (χ4v) is 0.560. The van der Waals surface area contributed by atoms with Crippen LogP contribution in [0.15, 0.2) is 11.4 Å². The highest BCUT2D eigenvalue weighted by molar-refractivity contribution is 5.31. The highest BCUT2D eigenvalue weighted by Gasteiger charge is 1.98. The van der Waals surface area contributed by atoms with Crippen LogP contribution in [0, 0.1) is 5.53 Å². The number of rotatable bonds is 2. The number of H-pyrrole nitrogens is 1. The van der Waals surface area contributed by atoms with E-state index in [1.54, 1.807) is 0 Å². The Kier molecular flexibility index (Phi) is 11.8. The van der Waals surface area contributed by atoms with Crippen molar-refractivity contribution in [3.8, 4) is 0 Å². The van der Waals surface area contributed by atoms with Gasteiger partial charge in [-0.05, 0) is 0 Å². The van der Waals surface area contributed by atoms with E-state index in [0.29, 0.717) is 18.1 Å². The number of aromatic nitrogens is 2. The van der Waals surface area contributed by atoms with E-state index in [-0.39, 0.29) is 0 Å². The summed E-state index contributed by atoms with van der Waals surface area (Å²) in [5.74, 6) is 0.373. The van der Waals surface area contributed by atoms with Crippen molar-refractivity contribution < 1.29 is 0 Å². The third-order valence-electron chi connectivity index (χ3n) is 1.01. The molecule has 5 heteroatoms. The number of aromatic amines is 1. The molecule has 1 aromatic rings. The Labute approximate surface area is 79.3 Å². The van der Waals surface area contributed by atoms with Gasteiger partial charge in [-0.1, -0.05) is 27.7 Å². The molecule has 0 radical (unpaired) electrons. The van der Waals surface area contributed by atoms with Crippen LogP contribution in [-0.2, 0) is 6.54 Å². The summed E-state index contributed by atoms with van der Waals surface area (Å²) >= 11 is 0. The zero-order valence-electron chi connectivity index (χ0n) is 8.76. The van der Waals surface area contributed by atoms with Gasteiger partial charge in [-0.15, -0.1) is 5.11 Å². The number of hydrogen-bond acceptors (Lipinski definition) is 4. The second-order valence-electron chi connectivity index (χ2n) is 1.52. The topological polar surface area (TPSA) is 90.9 Å². The van der Waals surface area contributed by atoms with Gasteiger partial charge in [0.15, 0.2) is 5.82 Å². The Balaban J connectivity index is 0.